The van der Waals surface area contributed by atoms with Crippen LogP contribution in [0, 0.1) is 5.92 Å². The molecule has 23 heavy (non-hydrogen) atoms. The molecular formula is C16H19N3O4. The third kappa shape index (κ3) is 3.50. The van der Waals surface area contributed by atoms with E-state index >= 15 is 0 Å². The van der Waals surface area contributed by atoms with Gasteiger partial charge in [-0.1, -0.05) is 32.0 Å². The van der Waals surface area contributed by atoms with Crippen LogP contribution < -0.4 is 11.1 Å². The zero-order valence-electron chi connectivity index (χ0n) is 13.2. The molecule has 1 aromatic heterocycles. The Balaban J connectivity index is 2.27. The van der Waals surface area contributed by atoms with E-state index in [2.05, 4.69) is 0 Å². The fourth-order valence-corrected chi connectivity index (χ4v) is 2.37. The quantitative estimate of drug-likeness (QED) is 0.835. The monoisotopic (exact) mass is 317 g/mol. The van der Waals surface area contributed by atoms with Gasteiger partial charge in [0.1, 0.15) is 0 Å². The Labute approximate surface area is 133 Å². The topological polar surface area (TPSA) is 103 Å². The molecule has 0 spiro atoms. The van der Waals surface area contributed by atoms with Crippen LogP contribution in [0.5, 0.6) is 0 Å². The van der Waals surface area contributed by atoms with Crippen molar-refractivity contribution in [2.24, 2.45) is 18.7 Å². The summed E-state index contributed by atoms with van der Waals surface area (Å²) in [6.45, 7) is 3.42. The predicted octanol–water partition coefficient (Wildman–Crippen LogP) is 1.55. The average Bonchev–Trinajstić information content (AvgIpc) is 2.81. The molecular weight excluding hydrogens is 298 g/mol. The van der Waals surface area contributed by atoms with Gasteiger partial charge < -0.3 is 15.0 Å². The van der Waals surface area contributed by atoms with Crippen molar-refractivity contribution in [2.75, 3.05) is 0 Å². The zero-order chi connectivity index (χ0) is 17.1. The molecule has 0 aliphatic heterocycles. The molecule has 1 atom stereocenters. The maximum absolute atomic E-state index is 12.4. The second kappa shape index (κ2) is 6.51. The van der Waals surface area contributed by atoms with Crippen LogP contribution in [0.25, 0.3) is 10.9 Å². The number of para-hydroxylation sites is 1. The molecule has 0 saturated heterocycles. The van der Waals surface area contributed by atoms with Gasteiger partial charge in [0.15, 0.2) is 6.10 Å². The van der Waals surface area contributed by atoms with E-state index in [-0.39, 0.29) is 5.92 Å². The van der Waals surface area contributed by atoms with Gasteiger partial charge in [-0.05, 0) is 12.0 Å². The highest BCUT2D eigenvalue weighted by Crippen LogP contribution is 2.22. The number of primary amides is 1. The van der Waals surface area contributed by atoms with Gasteiger partial charge in [0.2, 0.25) is 0 Å². The predicted molar refractivity (Wildman–Crippen MR) is 84.7 cm³/mol. The molecule has 1 unspecified atom stereocenters. The van der Waals surface area contributed by atoms with E-state index in [0.717, 1.165) is 10.9 Å². The summed E-state index contributed by atoms with van der Waals surface area (Å²) in [5.74, 6) is -1.67. The van der Waals surface area contributed by atoms with Crippen LogP contribution in [0.1, 0.15) is 24.2 Å². The summed E-state index contributed by atoms with van der Waals surface area (Å²) in [4.78, 5) is 35.2. The standard InChI is InChI=1S/C16H19N3O4/c1-9(2)13(14(20)18-16(17)22)23-15(21)11-8-19(3)12-7-5-4-6-10(11)12/h4-9,13H,1-3H3,(H3,17,18,20,22). The fraction of sp³-hybridized carbons (Fsp3) is 0.312. The Morgan fingerprint density at radius 1 is 1.22 bits per heavy atom. The van der Waals surface area contributed by atoms with Crippen molar-refractivity contribution in [3.05, 3.63) is 36.0 Å². The Morgan fingerprint density at radius 3 is 2.48 bits per heavy atom. The van der Waals surface area contributed by atoms with Crippen LogP contribution in [0.3, 0.4) is 0 Å². The molecule has 1 aromatic carbocycles. The number of ether oxygens (including phenoxy) is 1. The third-order valence-corrected chi connectivity index (χ3v) is 3.46. The summed E-state index contributed by atoms with van der Waals surface area (Å²) in [5.41, 5.74) is 6.17. The number of hydrogen-bond acceptors (Lipinski definition) is 4. The number of imide groups is 1. The number of hydrogen-bond donors (Lipinski definition) is 2. The second-order valence-corrected chi connectivity index (χ2v) is 5.59. The van der Waals surface area contributed by atoms with Crippen LogP contribution >= 0.6 is 0 Å². The number of esters is 1. The lowest BCUT2D eigenvalue weighted by atomic mass is 10.1. The minimum Gasteiger partial charge on any atom is -0.448 e. The Hall–Kier alpha value is -2.83. The highest BCUT2D eigenvalue weighted by Gasteiger charge is 2.29. The third-order valence-electron chi connectivity index (χ3n) is 3.46. The van der Waals surface area contributed by atoms with Crippen molar-refractivity contribution >= 4 is 28.8 Å². The number of benzene rings is 1. The van der Waals surface area contributed by atoms with Crippen molar-refractivity contribution in [1.29, 1.82) is 0 Å². The molecule has 2 rings (SSSR count). The molecule has 7 nitrogen and oxygen atoms in total. The minimum absolute atomic E-state index is 0.312. The molecule has 0 fully saturated rings. The number of rotatable bonds is 4. The van der Waals surface area contributed by atoms with E-state index < -0.39 is 24.0 Å². The van der Waals surface area contributed by atoms with E-state index in [9.17, 15) is 14.4 Å². The molecule has 7 heteroatoms. The van der Waals surface area contributed by atoms with E-state index in [1.54, 1.807) is 30.7 Å². The van der Waals surface area contributed by atoms with Gasteiger partial charge in [-0.15, -0.1) is 0 Å². The lowest BCUT2D eigenvalue weighted by molar-refractivity contribution is -0.130. The first-order valence-electron chi connectivity index (χ1n) is 7.16. The van der Waals surface area contributed by atoms with Crippen molar-refractivity contribution < 1.29 is 19.1 Å². The molecule has 2 aromatic rings. The van der Waals surface area contributed by atoms with Crippen LogP contribution in [0.4, 0.5) is 4.79 Å². The Morgan fingerprint density at radius 2 is 1.87 bits per heavy atom. The summed E-state index contributed by atoms with van der Waals surface area (Å²) in [6.07, 6.45) is 0.546. The van der Waals surface area contributed by atoms with E-state index in [4.69, 9.17) is 10.5 Å². The minimum atomic E-state index is -1.10. The van der Waals surface area contributed by atoms with Crippen molar-refractivity contribution in [1.82, 2.24) is 9.88 Å². The molecule has 0 aliphatic carbocycles. The number of amides is 3. The van der Waals surface area contributed by atoms with Crippen LogP contribution in [-0.2, 0) is 16.6 Å². The number of nitrogens with zero attached hydrogens (tertiary/aromatic N) is 1. The van der Waals surface area contributed by atoms with Gasteiger partial charge in [-0.3, -0.25) is 10.1 Å². The highest BCUT2D eigenvalue weighted by atomic mass is 16.5. The van der Waals surface area contributed by atoms with E-state index in [1.807, 2.05) is 30.6 Å². The molecule has 0 radical (unpaired) electrons. The number of nitrogens with two attached hydrogens (primary N) is 1. The zero-order valence-corrected chi connectivity index (χ0v) is 13.2. The number of aromatic nitrogens is 1. The number of carbonyl (C=O) groups excluding carboxylic acids is 3. The summed E-state index contributed by atoms with van der Waals surface area (Å²) in [7, 11) is 1.82. The Bertz CT molecular complexity index is 764. The van der Waals surface area contributed by atoms with E-state index in [0.29, 0.717) is 5.56 Å². The van der Waals surface area contributed by atoms with Gasteiger partial charge in [0.25, 0.3) is 5.91 Å². The molecule has 0 aliphatic rings. The van der Waals surface area contributed by atoms with Gasteiger partial charge in [0, 0.05) is 24.1 Å². The summed E-state index contributed by atoms with van der Waals surface area (Å²) in [5, 5.41) is 2.67. The maximum Gasteiger partial charge on any atom is 0.341 e. The van der Waals surface area contributed by atoms with Crippen molar-refractivity contribution in [3.8, 4) is 0 Å². The largest absolute Gasteiger partial charge is 0.448 e. The molecule has 0 saturated carbocycles. The lowest BCUT2D eigenvalue weighted by Gasteiger charge is -2.19. The normalized spacial score (nSPS) is 12.2. The maximum atomic E-state index is 12.4. The lowest BCUT2D eigenvalue weighted by Crippen LogP contribution is -2.45. The SMILES string of the molecule is CC(C)C(OC(=O)c1cn(C)c2ccccc12)C(=O)NC(N)=O. The molecule has 122 valence electrons. The molecule has 0 bridgehead atoms. The number of urea groups is 1. The molecule has 1 heterocycles. The fourth-order valence-electron chi connectivity index (χ4n) is 2.37. The molecule has 3 amide bonds. The second-order valence-electron chi connectivity index (χ2n) is 5.59. The summed E-state index contributed by atoms with van der Waals surface area (Å²) in [6, 6.07) is 6.39. The smallest absolute Gasteiger partial charge is 0.341 e. The van der Waals surface area contributed by atoms with Crippen LogP contribution in [0.2, 0.25) is 0 Å². The van der Waals surface area contributed by atoms with Crippen LogP contribution in [-0.4, -0.2) is 28.6 Å². The number of nitrogens with one attached hydrogen (secondary N) is 1. The Kier molecular flexibility index (Phi) is 4.68. The number of carbonyl (C=O) groups is 3. The van der Waals surface area contributed by atoms with Crippen molar-refractivity contribution in [3.63, 3.8) is 0 Å². The first-order chi connectivity index (χ1) is 10.8. The van der Waals surface area contributed by atoms with Gasteiger partial charge in [-0.2, -0.15) is 0 Å². The van der Waals surface area contributed by atoms with Crippen LogP contribution in [0.15, 0.2) is 30.5 Å². The van der Waals surface area contributed by atoms with Crippen molar-refractivity contribution in [2.45, 2.75) is 20.0 Å². The summed E-state index contributed by atoms with van der Waals surface area (Å²) >= 11 is 0. The molecule has 3 N–H and O–H groups in total. The first kappa shape index (κ1) is 16.5. The average molecular weight is 317 g/mol. The van der Waals surface area contributed by atoms with E-state index in [1.165, 1.54) is 0 Å². The van der Waals surface area contributed by atoms with Gasteiger partial charge >= 0.3 is 12.0 Å². The summed E-state index contributed by atoms with van der Waals surface area (Å²) < 4.78 is 7.12. The number of aryl methyl sites for hydroxylation is 1. The first-order valence-corrected chi connectivity index (χ1v) is 7.16. The van der Waals surface area contributed by atoms with Gasteiger partial charge in [0.05, 0.1) is 5.56 Å². The van der Waals surface area contributed by atoms with Gasteiger partial charge in [-0.25, -0.2) is 9.59 Å². The number of fused-ring (bicyclic) bond motifs is 1. The highest BCUT2D eigenvalue weighted by molar-refractivity contribution is 6.05.